The van der Waals surface area contributed by atoms with Gasteiger partial charge in [0.2, 0.25) is 5.91 Å². The van der Waals surface area contributed by atoms with Crippen molar-refractivity contribution in [2.75, 3.05) is 7.05 Å². The second-order valence-electron chi connectivity index (χ2n) is 7.37. The van der Waals surface area contributed by atoms with E-state index >= 15 is 0 Å². The molecular formula is C24H21FN4O3S. The number of benzene rings is 2. The first-order valence-electron chi connectivity index (χ1n) is 10.0. The maximum atomic E-state index is 14.6. The van der Waals surface area contributed by atoms with Gasteiger partial charge in [-0.3, -0.25) is 9.78 Å². The van der Waals surface area contributed by atoms with Gasteiger partial charge in [0.25, 0.3) is 10.0 Å². The summed E-state index contributed by atoms with van der Waals surface area (Å²) in [6.07, 6.45) is 2.91. The first kappa shape index (κ1) is 22.4. The van der Waals surface area contributed by atoms with Gasteiger partial charge in [-0.05, 0) is 55.1 Å². The van der Waals surface area contributed by atoms with Crippen molar-refractivity contribution in [2.45, 2.75) is 11.4 Å². The van der Waals surface area contributed by atoms with E-state index in [0.717, 1.165) is 3.97 Å². The van der Waals surface area contributed by atoms with Gasteiger partial charge in [-0.15, -0.1) is 0 Å². The summed E-state index contributed by atoms with van der Waals surface area (Å²) in [5.41, 5.74) is 7.59. The quantitative estimate of drug-likeness (QED) is 0.436. The van der Waals surface area contributed by atoms with Crippen molar-refractivity contribution in [1.82, 2.24) is 14.3 Å². The highest BCUT2D eigenvalue weighted by molar-refractivity contribution is 7.90. The molecule has 7 nitrogen and oxygen atoms in total. The smallest absolute Gasteiger partial charge is 0.268 e. The molecule has 4 aromatic rings. The van der Waals surface area contributed by atoms with Crippen molar-refractivity contribution in [3.8, 4) is 22.5 Å². The van der Waals surface area contributed by atoms with Gasteiger partial charge < -0.3 is 11.1 Å². The maximum Gasteiger partial charge on any atom is 0.268 e. The molecule has 0 aliphatic carbocycles. The van der Waals surface area contributed by atoms with Crippen molar-refractivity contribution in [3.63, 3.8) is 0 Å². The van der Waals surface area contributed by atoms with E-state index < -0.39 is 21.7 Å². The number of rotatable bonds is 7. The van der Waals surface area contributed by atoms with Crippen LogP contribution in [-0.2, 0) is 16.6 Å². The number of nitrogens with one attached hydrogen (secondary N) is 1. The number of hydrogen-bond donors (Lipinski definition) is 2. The molecule has 0 unspecified atom stereocenters. The van der Waals surface area contributed by atoms with Crippen molar-refractivity contribution >= 4 is 15.9 Å². The van der Waals surface area contributed by atoms with E-state index in [4.69, 9.17) is 5.73 Å². The third-order valence-electron chi connectivity index (χ3n) is 5.10. The Morgan fingerprint density at radius 2 is 1.88 bits per heavy atom. The zero-order valence-electron chi connectivity index (χ0n) is 17.7. The molecule has 2 aromatic carbocycles. The largest absolute Gasteiger partial charge is 0.366 e. The van der Waals surface area contributed by atoms with Crippen LogP contribution in [0.25, 0.3) is 22.5 Å². The SMILES string of the molecule is CNCc1cc(-c2ccccc2F)n(S(=O)(=O)c2cccc(-c3cc(C(N)=O)ccn3)c2)c1. The highest BCUT2D eigenvalue weighted by Crippen LogP contribution is 2.30. The number of halogens is 1. The highest BCUT2D eigenvalue weighted by Gasteiger charge is 2.23. The summed E-state index contributed by atoms with van der Waals surface area (Å²) in [5, 5.41) is 2.98. The monoisotopic (exact) mass is 464 g/mol. The molecule has 2 aromatic heterocycles. The van der Waals surface area contributed by atoms with E-state index in [1.165, 1.54) is 48.8 Å². The second-order valence-corrected chi connectivity index (χ2v) is 9.18. The molecule has 0 saturated carbocycles. The van der Waals surface area contributed by atoms with Crippen molar-refractivity contribution in [1.29, 1.82) is 0 Å². The number of aromatic nitrogens is 2. The zero-order valence-corrected chi connectivity index (χ0v) is 18.5. The summed E-state index contributed by atoms with van der Waals surface area (Å²) in [6.45, 7) is 0.411. The topological polar surface area (TPSA) is 107 Å². The molecule has 4 rings (SSSR count). The Balaban J connectivity index is 1.85. The third kappa shape index (κ3) is 4.41. The van der Waals surface area contributed by atoms with E-state index in [9.17, 15) is 17.6 Å². The molecule has 2 heterocycles. The number of amides is 1. The first-order chi connectivity index (χ1) is 15.8. The Morgan fingerprint density at radius 1 is 1.09 bits per heavy atom. The number of pyridine rings is 1. The van der Waals surface area contributed by atoms with Gasteiger partial charge in [-0.25, -0.2) is 16.8 Å². The van der Waals surface area contributed by atoms with Crippen LogP contribution < -0.4 is 11.1 Å². The summed E-state index contributed by atoms with van der Waals surface area (Å²) in [6, 6.07) is 16.8. The van der Waals surface area contributed by atoms with Crippen molar-refractivity contribution in [3.05, 3.63) is 96.1 Å². The first-order valence-corrected chi connectivity index (χ1v) is 11.5. The van der Waals surface area contributed by atoms with E-state index in [1.54, 1.807) is 37.4 Å². The molecule has 0 aliphatic heterocycles. The molecule has 0 atom stereocenters. The average molecular weight is 465 g/mol. The number of carbonyl (C=O) groups excluding carboxylic acids is 1. The molecule has 0 saturated heterocycles. The Morgan fingerprint density at radius 3 is 2.61 bits per heavy atom. The van der Waals surface area contributed by atoms with Gasteiger partial charge in [-0.2, -0.15) is 0 Å². The number of nitrogens with two attached hydrogens (primary N) is 1. The number of primary amides is 1. The van der Waals surface area contributed by atoms with Crippen molar-refractivity contribution < 1.29 is 17.6 Å². The molecule has 0 spiro atoms. The average Bonchev–Trinajstić information content (AvgIpc) is 3.24. The fourth-order valence-electron chi connectivity index (χ4n) is 3.53. The molecule has 0 aliphatic rings. The molecule has 0 bridgehead atoms. The lowest BCUT2D eigenvalue weighted by atomic mass is 10.1. The van der Waals surface area contributed by atoms with Crippen LogP contribution in [0.5, 0.6) is 0 Å². The standard InChI is InChI=1S/C24H21FN4O3S/c1-27-14-16-11-23(20-7-2-3-8-21(20)25)29(15-16)33(31,32)19-6-4-5-17(12-19)22-13-18(24(26)30)9-10-28-22/h2-13,15,27H,14H2,1H3,(H2,26,30). The summed E-state index contributed by atoms with van der Waals surface area (Å²) < 4.78 is 42.9. The van der Waals surface area contributed by atoms with Gasteiger partial charge in [-0.1, -0.05) is 24.3 Å². The van der Waals surface area contributed by atoms with Crippen LogP contribution >= 0.6 is 0 Å². The lowest BCUT2D eigenvalue weighted by Crippen LogP contribution is -2.14. The van der Waals surface area contributed by atoms with E-state index in [-0.39, 0.29) is 21.7 Å². The van der Waals surface area contributed by atoms with Crippen molar-refractivity contribution in [2.24, 2.45) is 5.73 Å². The Hall–Kier alpha value is -3.82. The van der Waals surface area contributed by atoms with Gasteiger partial charge in [0.15, 0.2) is 0 Å². The summed E-state index contributed by atoms with van der Waals surface area (Å²) in [4.78, 5) is 15.7. The van der Waals surface area contributed by atoms with Gasteiger partial charge in [0.1, 0.15) is 5.82 Å². The third-order valence-corrected chi connectivity index (χ3v) is 6.77. The molecule has 0 fully saturated rings. The fourth-order valence-corrected chi connectivity index (χ4v) is 4.97. The van der Waals surface area contributed by atoms with Crippen LogP contribution in [0.3, 0.4) is 0 Å². The number of hydrogen-bond acceptors (Lipinski definition) is 5. The second kappa shape index (κ2) is 8.97. The van der Waals surface area contributed by atoms with Crippen LogP contribution in [-0.4, -0.2) is 30.3 Å². The Kier molecular flexibility index (Phi) is 6.08. The molecule has 33 heavy (non-hydrogen) atoms. The molecule has 9 heteroatoms. The summed E-state index contributed by atoms with van der Waals surface area (Å²) >= 11 is 0. The van der Waals surface area contributed by atoms with Crippen LogP contribution in [0.2, 0.25) is 0 Å². The molecular weight excluding hydrogens is 443 g/mol. The summed E-state index contributed by atoms with van der Waals surface area (Å²) in [5.74, 6) is -1.13. The maximum absolute atomic E-state index is 14.6. The Bertz CT molecular complexity index is 1450. The van der Waals surface area contributed by atoms with Gasteiger partial charge in [0, 0.05) is 35.6 Å². The molecule has 168 valence electrons. The number of nitrogens with zero attached hydrogens (tertiary/aromatic N) is 2. The normalized spacial score (nSPS) is 11.5. The predicted octanol–water partition coefficient (Wildman–Crippen LogP) is 3.41. The minimum absolute atomic E-state index is 0.00419. The molecule has 3 N–H and O–H groups in total. The predicted molar refractivity (Wildman–Crippen MR) is 123 cm³/mol. The van der Waals surface area contributed by atoms with Gasteiger partial charge >= 0.3 is 0 Å². The number of carbonyl (C=O) groups is 1. The minimum Gasteiger partial charge on any atom is -0.366 e. The Labute approximate surface area is 190 Å². The lowest BCUT2D eigenvalue weighted by Gasteiger charge is -2.12. The van der Waals surface area contributed by atoms with E-state index in [1.807, 2.05) is 0 Å². The lowest BCUT2D eigenvalue weighted by molar-refractivity contribution is 0.1000. The fraction of sp³-hybridized carbons (Fsp3) is 0.0833. The van der Waals surface area contributed by atoms with Crippen LogP contribution in [0.15, 0.2) is 84.0 Å². The van der Waals surface area contributed by atoms with Gasteiger partial charge in [0.05, 0.1) is 16.3 Å². The van der Waals surface area contributed by atoms with Crippen LogP contribution in [0, 0.1) is 5.82 Å². The van der Waals surface area contributed by atoms with E-state index in [0.29, 0.717) is 23.4 Å². The van der Waals surface area contributed by atoms with E-state index in [2.05, 4.69) is 10.3 Å². The minimum atomic E-state index is -4.09. The molecule has 0 radical (unpaired) electrons. The highest BCUT2D eigenvalue weighted by atomic mass is 32.2. The van der Waals surface area contributed by atoms with Crippen LogP contribution in [0.1, 0.15) is 15.9 Å². The van der Waals surface area contributed by atoms with Crippen LogP contribution in [0.4, 0.5) is 4.39 Å². The summed E-state index contributed by atoms with van der Waals surface area (Å²) in [7, 11) is -2.34. The zero-order chi connectivity index (χ0) is 23.6. The molecule has 1 amide bonds.